The number of anilines is 1. The number of hydrogen-bond donors (Lipinski definition) is 2. The van der Waals surface area contributed by atoms with Crippen molar-refractivity contribution in [1.82, 2.24) is 29.9 Å². The third-order valence-corrected chi connectivity index (χ3v) is 5.98. The number of piperidine rings is 1. The monoisotopic (exact) mass is 471 g/mol. The van der Waals surface area contributed by atoms with Gasteiger partial charge in [0, 0.05) is 42.9 Å². The third kappa shape index (κ3) is 5.00. The summed E-state index contributed by atoms with van der Waals surface area (Å²) in [5.41, 5.74) is 2.22. The van der Waals surface area contributed by atoms with Crippen LogP contribution in [0, 0.1) is 5.92 Å². The van der Waals surface area contributed by atoms with Crippen LogP contribution in [0.15, 0.2) is 30.7 Å². The first-order valence-electron chi connectivity index (χ1n) is 10.7. The molecule has 33 heavy (non-hydrogen) atoms. The van der Waals surface area contributed by atoms with E-state index in [4.69, 9.17) is 16.3 Å². The minimum atomic E-state index is -0.188. The van der Waals surface area contributed by atoms with E-state index in [9.17, 15) is 9.59 Å². The number of nitrogens with one attached hydrogen (secondary N) is 2. The van der Waals surface area contributed by atoms with E-state index in [1.165, 1.54) is 13.3 Å². The lowest BCUT2D eigenvalue weighted by atomic mass is 9.95. The predicted octanol–water partition coefficient (Wildman–Crippen LogP) is 3.40. The highest BCUT2D eigenvalue weighted by Crippen LogP contribution is 2.29. The average molecular weight is 472 g/mol. The fourth-order valence-corrected chi connectivity index (χ4v) is 3.95. The van der Waals surface area contributed by atoms with Gasteiger partial charge in [0.2, 0.25) is 11.8 Å². The Morgan fingerprint density at radius 2 is 2.00 bits per heavy atom. The minimum Gasteiger partial charge on any atom is -0.481 e. The zero-order chi connectivity index (χ0) is 23.5. The summed E-state index contributed by atoms with van der Waals surface area (Å²) < 4.78 is 6.94. The summed E-state index contributed by atoms with van der Waals surface area (Å²) in [6, 6.07) is 3.57. The topological polar surface area (TPSA) is 118 Å². The summed E-state index contributed by atoms with van der Waals surface area (Å²) in [6.45, 7) is 5.01. The molecule has 0 unspecified atom stereocenters. The molecular weight excluding hydrogens is 446 g/mol. The number of ether oxygens (including phenoxy) is 1. The molecule has 4 rings (SSSR count). The van der Waals surface area contributed by atoms with Crippen LogP contribution in [-0.4, -0.2) is 61.9 Å². The highest BCUT2D eigenvalue weighted by Gasteiger charge is 2.29. The van der Waals surface area contributed by atoms with E-state index in [2.05, 4.69) is 25.6 Å². The van der Waals surface area contributed by atoms with Crippen molar-refractivity contribution in [2.45, 2.75) is 32.7 Å². The van der Waals surface area contributed by atoms with E-state index < -0.39 is 0 Å². The number of aromatic amines is 1. The smallest absolute Gasteiger partial charge is 0.274 e. The first-order chi connectivity index (χ1) is 15.9. The van der Waals surface area contributed by atoms with E-state index in [1.807, 2.05) is 20.0 Å². The number of likely N-dealkylation sites (tertiary alicyclic amines) is 1. The second-order valence-electron chi connectivity index (χ2n) is 8.23. The number of H-pyrrole nitrogens is 1. The minimum absolute atomic E-state index is 0.0475. The average Bonchev–Trinajstić information content (AvgIpc) is 3.49. The standard InChI is InChI=1S/C22H26ClN7O3/c1-13(2)30-12-15(10-25-30)26-21(31)14-4-6-29(7-5-14)22(32)19-9-18(27-28-19)16-8-20(33-3)24-11-17(16)23/h8-14H,4-7H2,1-3H3,(H,26,31)(H,27,28). The van der Waals surface area contributed by atoms with Gasteiger partial charge in [-0.2, -0.15) is 10.2 Å². The van der Waals surface area contributed by atoms with Crippen LogP contribution in [0.4, 0.5) is 5.69 Å². The van der Waals surface area contributed by atoms with Gasteiger partial charge in [0.25, 0.3) is 5.91 Å². The van der Waals surface area contributed by atoms with Gasteiger partial charge in [-0.3, -0.25) is 19.4 Å². The molecular formula is C22H26ClN7O3. The highest BCUT2D eigenvalue weighted by atomic mass is 35.5. The maximum Gasteiger partial charge on any atom is 0.274 e. The lowest BCUT2D eigenvalue weighted by Crippen LogP contribution is -2.41. The van der Waals surface area contributed by atoms with E-state index in [0.29, 0.717) is 59.5 Å². The van der Waals surface area contributed by atoms with Crippen LogP contribution in [0.5, 0.6) is 5.88 Å². The Hall–Kier alpha value is -3.40. The molecule has 2 N–H and O–H groups in total. The Balaban J connectivity index is 1.35. The van der Waals surface area contributed by atoms with Gasteiger partial charge >= 0.3 is 0 Å². The van der Waals surface area contributed by atoms with E-state index in [0.717, 1.165) is 0 Å². The second kappa shape index (κ2) is 9.62. The Morgan fingerprint density at radius 1 is 1.24 bits per heavy atom. The Bertz CT molecular complexity index is 1150. The molecule has 1 saturated heterocycles. The quantitative estimate of drug-likeness (QED) is 0.568. The van der Waals surface area contributed by atoms with Gasteiger partial charge in [-0.15, -0.1) is 0 Å². The zero-order valence-corrected chi connectivity index (χ0v) is 19.5. The molecule has 0 atom stereocenters. The van der Waals surface area contributed by atoms with Gasteiger partial charge in [0.15, 0.2) is 5.69 Å². The van der Waals surface area contributed by atoms with Crippen molar-refractivity contribution in [2.75, 3.05) is 25.5 Å². The third-order valence-electron chi connectivity index (χ3n) is 5.68. The zero-order valence-electron chi connectivity index (χ0n) is 18.7. The molecule has 1 aliphatic heterocycles. The molecule has 174 valence electrons. The molecule has 1 aliphatic rings. The van der Waals surface area contributed by atoms with Crippen molar-refractivity contribution in [3.8, 4) is 17.1 Å². The number of hydrogen-bond acceptors (Lipinski definition) is 6. The molecule has 0 aromatic carbocycles. The molecule has 0 bridgehead atoms. The van der Waals surface area contributed by atoms with Crippen molar-refractivity contribution >= 4 is 29.1 Å². The summed E-state index contributed by atoms with van der Waals surface area (Å²) in [5.74, 6) is 0.0171. The second-order valence-corrected chi connectivity index (χ2v) is 8.64. The van der Waals surface area contributed by atoms with Crippen LogP contribution in [-0.2, 0) is 4.79 Å². The van der Waals surface area contributed by atoms with Gasteiger partial charge in [0.05, 0.1) is 35.9 Å². The fourth-order valence-electron chi connectivity index (χ4n) is 3.74. The molecule has 0 radical (unpaired) electrons. The molecule has 3 aromatic rings. The number of aromatic nitrogens is 5. The highest BCUT2D eigenvalue weighted by molar-refractivity contribution is 6.33. The van der Waals surface area contributed by atoms with Crippen LogP contribution >= 0.6 is 11.6 Å². The SMILES string of the molecule is COc1cc(-c2cc(C(=O)N3CCC(C(=O)Nc4cnn(C(C)C)c4)CC3)n[nH]2)c(Cl)cn1. The van der Waals surface area contributed by atoms with Crippen molar-refractivity contribution < 1.29 is 14.3 Å². The lowest BCUT2D eigenvalue weighted by molar-refractivity contribution is -0.121. The maximum absolute atomic E-state index is 12.9. The first-order valence-corrected chi connectivity index (χ1v) is 11.1. The van der Waals surface area contributed by atoms with Crippen LogP contribution in [0.3, 0.4) is 0 Å². The first kappa shape index (κ1) is 22.8. The Morgan fingerprint density at radius 3 is 2.67 bits per heavy atom. The lowest BCUT2D eigenvalue weighted by Gasteiger charge is -2.30. The van der Waals surface area contributed by atoms with Gasteiger partial charge in [-0.1, -0.05) is 11.6 Å². The molecule has 10 nitrogen and oxygen atoms in total. The Labute approximate surface area is 196 Å². The molecule has 0 spiro atoms. The summed E-state index contributed by atoms with van der Waals surface area (Å²) in [7, 11) is 1.52. The number of carbonyl (C=O) groups excluding carboxylic acids is 2. The van der Waals surface area contributed by atoms with Crippen LogP contribution in [0.25, 0.3) is 11.3 Å². The van der Waals surface area contributed by atoms with Gasteiger partial charge in [-0.05, 0) is 32.8 Å². The Kier molecular flexibility index (Phi) is 6.64. The number of methoxy groups -OCH3 is 1. The van der Waals surface area contributed by atoms with E-state index in [-0.39, 0.29) is 23.8 Å². The molecule has 2 amide bonds. The molecule has 11 heteroatoms. The predicted molar refractivity (Wildman–Crippen MR) is 123 cm³/mol. The number of amides is 2. The van der Waals surface area contributed by atoms with Crippen LogP contribution in [0.1, 0.15) is 43.2 Å². The van der Waals surface area contributed by atoms with Gasteiger partial charge in [0.1, 0.15) is 0 Å². The number of nitrogens with zero attached hydrogens (tertiary/aromatic N) is 5. The fraction of sp³-hybridized carbons (Fsp3) is 0.409. The van der Waals surface area contributed by atoms with Crippen molar-refractivity contribution in [1.29, 1.82) is 0 Å². The number of pyridine rings is 1. The van der Waals surface area contributed by atoms with E-state index in [1.54, 1.807) is 27.9 Å². The van der Waals surface area contributed by atoms with Crippen LogP contribution in [0.2, 0.25) is 5.02 Å². The normalized spacial score (nSPS) is 14.5. The molecule has 0 saturated carbocycles. The van der Waals surface area contributed by atoms with Crippen molar-refractivity contribution in [3.05, 3.63) is 41.4 Å². The summed E-state index contributed by atoms with van der Waals surface area (Å²) in [6.07, 6.45) is 6.13. The molecule has 3 aromatic heterocycles. The largest absolute Gasteiger partial charge is 0.481 e. The summed E-state index contributed by atoms with van der Waals surface area (Å²) >= 11 is 6.24. The molecule has 0 aliphatic carbocycles. The summed E-state index contributed by atoms with van der Waals surface area (Å²) in [5, 5.41) is 14.6. The molecule has 1 fully saturated rings. The number of carbonyl (C=O) groups is 2. The van der Waals surface area contributed by atoms with Crippen molar-refractivity contribution in [3.63, 3.8) is 0 Å². The number of rotatable bonds is 6. The van der Waals surface area contributed by atoms with Crippen LogP contribution < -0.4 is 10.1 Å². The number of halogens is 1. The van der Waals surface area contributed by atoms with Gasteiger partial charge < -0.3 is 15.0 Å². The summed E-state index contributed by atoms with van der Waals surface area (Å²) in [4.78, 5) is 31.4. The van der Waals surface area contributed by atoms with Crippen molar-refractivity contribution in [2.24, 2.45) is 5.92 Å². The van der Waals surface area contributed by atoms with E-state index >= 15 is 0 Å². The molecule has 4 heterocycles. The van der Waals surface area contributed by atoms with Gasteiger partial charge in [-0.25, -0.2) is 4.98 Å². The maximum atomic E-state index is 12.9.